The summed E-state index contributed by atoms with van der Waals surface area (Å²) >= 11 is 0. The molecule has 1 aliphatic carbocycles. The van der Waals surface area contributed by atoms with E-state index in [4.69, 9.17) is 0 Å². The Labute approximate surface area is 323 Å². The minimum atomic E-state index is -3.03. The zero-order chi connectivity index (χ0) is 39.6. The number of rotatable bonds is 6. The van der Waals surface area contributed by atoms with Gasteiger partial charge in [-0.15, -0.1) is 0 Å². The van der Waals surface area contributed by atoms with Crippen LogP contribution in [0.1, 0.15) is 178 Å². The van der Waals surface area contributed by atoms with Crippen LogP contribution in [-0.2, 0) is 32.5 Å². The highest BCUT2D eigenvalue weighted by atomic mass is 28.3. The number of hydrogen-bond donors (Lipinski definition) is 0. The summed E-state index contributed by atoms with van der Waals surface area (Å²) in [6.07, 6.45) is 8.48. The summed E-state index contributed by atoms with van der Waals surface area (Å²) in [4.78, 5) is 0. The van der Waals surface area contributed by atoms with Gasteiger partial charge in [0.05, 0.1) is 0 Å². The van der Waals surface area contributed by atoms with E-state index in [2.05, 4.69) is 211 Å². The minimum absolute atomic E-state index is 0.00460. The van der Waals surface area contributed by atoms with Crippen LogP contribution in [0.5, 0.6) is 0 Å². The van der Waals surface area contributed by atoms with Crippen molar-refractivity contribution in [3.63, 3.8) is 0 Å². The Morgan fingerprint density at radius 2 is 0.673 bits per heavy atom. The molecule has 0 nitrogen and oxygen atoms in total. The summed E-state index contributed by atoms with van der Waals surface area (Å²) in [5, 5.41) is 4.53. The van der Waals surface area contributed by atoms with Crippen molar-refractivity contribution in [2.75, 3.05) is 0 Å². The highest BCUT2D eigenvalue weighted by Crippen LogP contribution is 2.41. The fraction of sp³-hybridized carbons (Fsp3) is 0.549. The van der Waals surface area contributed by atoms with E-state index in [0.717, 1.165) is 6.42 Å². The Morgan fingerprint density at radius 3 is 0.885 bits per heavy atom. The van der Waals surface area contributed by atoms with Crippen LogP contribution in [0.25, 0.3) is 0 Å². The van der Waals surface area contributed by atoms with E-state index in [0.29, 0.717) is 5.92 Å². The van der Waals surface area contributed by atoms with Crippen molar-refractivity contribution in [1.29, 1.82) is 0 Å². The summed E-state index contributed by atoms with van der Waals surface area (Å²) in [5.41, 5.74) is 11.6. The van der Waals surface area contributed by atoms with E-state index >= 15 is 0 Å². The number of benzene rings is 3. The van der Waals surface area contributed by atoms with Gasteiger partial charge in [-0.05, 0) is 93.8 Å². The van der Waals surface area contributed by atoms with Gasteiger partial charge in [-0.3, -0.25) is 0 Å². The van der Waals surface area contributed by atoms with E-state index in [1.54, 1.807) is 5.54 Å². The van der Waals surface area contributed by atoms with Crippen molar-refractivity contribution in [2.24, 2.45) is 5.92 Å². The van der Waals surface area contributed by atoms with Gasteiger partial charge in [0.2, 0.25) is 0 Å². The summed E-state index contributed by atoms with van der Waals surface area (Å²) in [6.45, 7) is 47.9. The molecule has 1 heteroatoms. The van der Waals surface area contributed by atoms with Crippen molar-refractivity contribution in [3.05, 3.63) is 117 Å². The molecule has 0 amide bonds. The SMILES string of the molecule is CCC(C)C1=CC=C[C]1[Si](c1cc(C(C)(C)C)cc(C(C)(C)C)c1)(c1cc(C(C)(C)C)cc(C(C)(C)C)c1)c1cc(C(C)(C)C)cc(C(C)(C)C)c1. The van der Waals surface area contributed by atoms with Crippen LogP contribution in [0.3, 0.4) is 0 Å². The first-order valence-corrected chi connectivity index (χ1v) is 22.2. The maximum absolute atomic E-state index is 3.03. The summed E-state index contributed by atoms with van der Waals surface area (Å²) in [6, 6.07) is 23.4. The quantitative estimate of drug-likeness (QED) is 0.176. The largest absolute Gasteiger partial charge is 0.163 e. The molecule has 0 saturated heterocycles. The molecule has 3 aromatic rings. The predicted octanol–water partition coefficient (Wildman–Crippen LogP) is 12.6. The van der Waals surface area contributed by atoms with Crippen molar-refractivity contribution < 1.29 is 0 Å². The lowest BCUT2D eigenvalue weighted by atomic mass is 9.80. The maximum atomic E-state index is 2.65. The van der Waals surface area contributed by atoms with E-state index in [-0.39, 0.29) is 32.5 Å². The van der Waals surface area contributed by atoms with E-state index in [1.165, 1.54) is 54.5 Å². The van der Waals surface area contributed by atoms with Crippen LogP contribution in [0.4, 0.5) is 0 Å². The van der Waals surface area contributed by atoms with Gasteiger partial charge in [0.25, 0.3) is 0 Å². The van der Waals surface area contributed by atoms with Gasteiger partial charge in [0, 0.05) is 5.54 Å². The Hall–Kier alpha value is -2.64. The summed E-state index contributed by atoms with van der Waals surface area (Å²) in [5.74, 6) is 0.450. The molecule has 0 N–H and O–H groups in total. The second-order valence-electron chi connectivity index (χ2n) is 22.4. The van der Waals surface area contributed by atoms with Gasteiger partial charge >= 0.3 is 0 Å². The fourth-order valence-electron chi connectivity index (χ4n) is 7.52. The van der Waals surface area contributed by atoms with Crippen LogP contribution in [-0.4, -0.2) is 8.07 Å². The van der Waals surface area contributed by atoms with Crippen LogP contribution < -0.4 is 15.6 Å². The van der Waals surface area contributed by atoms with E-state index < -0.39 is 8.07 Å². The summed E-state index contributed by atoms with van der Waals surface area (Å²) in [7, 11) is -3.03. The zero-order valence-electron chi connectivity index (χ0n) is 37.2. The molecule has 0 spiro atoms. The standard InChI is InChI=1S/C51H75Si/c1-21-34(2)44-23-22-24-45(44)52(41-28-35(46(3,4)5)25-36(29-41)47(6,7)8,42-30-37(48(9,10)11)26-38(31-42)49(12,13)14)43-32-39(50(15,16)17)27-40(33-43)51(18,19)20/h22-34H,21H2,1-20H3. The molecule has 283 valence electrons. The van der Waals surface area contributed by atoms with Gasteiger partial charge in [-0.25, -0.2) is 0 Å². The number of hydrogen-bond acceptors (Lipinski definition) is 0. The second-order valence-corrected chi connectivity index (χ2v) is 26.1. The smallest absolute Gasteiger partial charge is 0.0750 e. The average Bonchev–Trinajstić information content (AvgIpc) is 3.48. The monoisotopic (exact) mass is 716 g/mol. The Balaban J connectivity index is 2.48. The predicted molar refractivity (Wildman–Crippen MR) is 236 cm³/mol. The molecule has 0 bridgehead atoms. The molecule has 52 heavy (non-hydrogen) atoms. The van der Waals surface area contributed by atoms with Gasteiger partial charge in [-0.1, -0.05) is 217 Å². The van der Waals surface area contributed by atoms with Crippen LogP contribution >= 0.6 is 0 Å². The fourth-order valence-corrected chi connectivity index (χ4v) is 12.8. The lowest BCUT2D eigenvalue weighted by Crippen LogP contribution is -2.71. The minimum Gasteiger partial charge on any atom is -0.0750 e. The normalized spacial score (nSPS) is 16.0. The molecular formula is C51H75Si. The molecule has 4 rings (SSSR count). The van der Waals surface area contributed by atoms with E-state index in [1.807, 2.05) is 0 Å². The molecule has 0 aromatic heterocycles. The molecule has 0 fully saturated rings. The summed E-state index contributed by atoms with van der Waals surface area (Å²) < 4.78 is 0. The lowest BCUT2D eigenvalue weighted by Gasteiger charge is -2.44. The van der Waals surface area contributed by atoms with Gasteiger partial charge in [0.1, 0.15) is 0 Å². The average molecular weight is 716 g/mol. The third kappa shape index (κ3) is 8.51. The molecule has 0 aliphatic heterocycles. The van der Waals surface area contributed by atoms with Gasteiger partial charge < -0.3 is 0 Å². The number of allylic oxidation sites excluding steroid dienone is 4. The second kappa shape index (κ2) is 13.9. The van der Waals surface area contributed by atoms with Gasteiger partial charge in [-0.2, -0.15) is 0 Å². The Bertz CT molecular complexity index is 1540. The van der Waals surface area contributed by atoms with Crippen molar-refractivity contribution in [1.82, 2.24) is 0 Å². The van der Waals surface area contributed by atoms with Crippen LogP contribution in [0.2, 0.25) is 0 Å². The third-order valence-corrected chi connectivity index (χ3v) is 16.4. The first-order valence-electron chi connectivity index (χ1n) is 20.2. The van der Waals surface area contributed by atoms with Crippen molar-refractivity contribution in [2.45, 2.75) is 177 Å². The van der Waals surface area contributed by atoms with Gasteiger partial charge in [0.15, 0.2) is 8.07 Å². The molecule has 0 saturated carbocycles. The molecular weight excluding hydrogens is 641 g/mol. The molecule has 1 unspecified atom stereocenters. The molecule has 1 radical (unpaired) electrons. The molecule has 3 aromatic carbocycles. The molecule has 0 heterocycles. The van der Waals surface area contributed by atoms with Crippen molar-refractivity contribution >= 4 is 23.6 Å². The van der Waals surface area contributed by atoms with Crippen molar-refractivity contribution in [3.8, 4) is 0 Å². The zero-order valence-corrected chi connectivity index (χ0v) is 38.2. The third-order valence-electron chi connectivity index (χ3n) is 11.7. The van der Waals surface area contributed by atoms with E-state index in [9.17, 15) is 0 Å². The molecule has 1 atom stereocenters. The highest BCUT2D eigenvalue weighted by Gasteiger charge is 2.51. The highest BCUT2D eigenvalue weighted by molar-refractivity contribution is 7.16. The van der Waals surface area contributed by atoms with Crippen LogP contribution in [0.15, 0.2) is 78.4 Å². The first-order chi connectivity index (χ1) is 23.4. The van der Waals surface area contributed by atoms with Crippen LogP contribution in [0, 0.1) is 11.5 Å². The topological polar surface area (TPSA) is 0 Å². The first kappa shape index (κ1) is 42.1. The maximum Gasteiger partial charge on any atom is 0.163 e. The Kier molecular flexibility index (Phi) is 11.2. The lowest BCUT2D eigenvalue weighted by molar-refractivity contribution is 0.569. The Morgan fingerprint density at radius 1 is 0.423 bits per heavy atom. The molecule has 1 aliphatic rings.